The second-order valence-electron chi connectivity index (χ2n) is 6.47. The van der Waals surface area contributed by atoms with Gasteiger partial charge in [-0.05, 0) is 17.7 Å². The molecule has 4 rings (SSSR count). The third-order valence-corrected chi connectivity index (χ3v) is 4.74. The minimum absolute atomic E-state index is 0.320. The molecule has 10 nitrogen and oxygen atoms in total. The van der Waals surface area contributed by atoms with Crippen molar-refractivity contribution in [3.63, 3.8) is 0 Å². The van der Waals surface area contributed by atoms with Gasteiger partial charge in [0.25, 0.3) is 0 Å². The van der Waals surface area contributed by atoms with E-state index in [1.165, 1.54) is 6.33 Å². The zero-order valence-electron chi connectivity index (χ0n) is 17.5. The Morgan fingerprint density at radius 2 is 1.62 bits per heavy atom. The Bertz CT molecular complexity index is 1210. The van der Waals surface area contributed by atoms with E-state index < -0.39 is 0 Å². The largest absolute Gasteiger partial charge is 0.493 e. The van der Waals surface area contributed by atoms with Crippen molar-refractivity contribution < 1.29 is 14.2 Å². The SMILES string of the molecule is COc1cc(Nc2ncnc(Nc3[nH]ncc3-c3cccc(Cl)c3)n2)cc(OC)c1OC. The zero-order chi connectivity index (χ0) is 22.5. The highest BCUT2D eigenvalue weighted by Gasteiger charge is 2.15. The van der Waals surface area contributed by atoms with Crippen LogP contribution < -0.4 is 24.8 Å². The Balaban J connectivity index is 1.58. The quantitative estimate of drug-likeness (QED) is 0.356. The molecule has 0 aliphatic heterocycles. The molecule has 0 fully saturated rings. The molecule has 0 saturated carbocycles. The number of ether oxygens (including phenoxy) is 3. The maximum atomic E-state index is 6.12. The summed E-state index contributed by atoms with van der Waals surface area (Å²) in [6.07, 6.45) is 3.09. The van der Waals surface area contributed by atoms with Crippen LogP contribution in [0.2, 0.25) is 5.02 Å². The number of hydrogen-bond donors (Lipinski definition) is 3. The van der Waals surface area contributed by atoms with Crippen molar-refractivity contribution >= 4 is 35.0 Å². The van der Waals surface area contributed by atoms with Crippen LogP contribution in [-0.2, 0) is 0 Å². The third-order valence-electron chi connectivity index (χ3n) is 4.50. The molecule has 2 heterocycles. The average Bonchev–Trinajstić information content (AvgIpc) is 3.26. The van der Waals surface area contributed by atoms with E-state index in [-0.39, 0.29) is 0 Å². The molecule has 0 unspecified atom stereocenters. The minimum Gasteiger partial charge on any atom is -0.493 e. The molecule has 0 bridgehead atoms. The van der Waals surface area contributed by atoms with Crippen LogP contribution in [-0.4, -0.2) is 46.5 Å². The van der Waals surface area contributed by atoms with Gasteiger partial charge in [0.05, 0.1) is 27.5 Å². The van der Waals surface area contributed by atoms with E-state index in [9.17, 15) is 0 Å². The molecule has 4 aromatic rings. The lowest BCUT2D eigenvalue weighted by Crippen LogP contribution is -2.04. The van der Waals surface area contributed by atoms with Crippen LogP contribution in [0.5, 0.6) is 17.2 Å². The normalized spacial score (nSPS) is 10.5. The first-order valence-corrected chi connectivity index (χ1v) is 9.81. The summed E-state index contributed by atoms with van der Waals surface area (Å²) in [6.45, 7) is 0. The second kappa shape index (κ2) is 9.40. The average molecular weight is 454 g/mol. The number of H-pyrrole nitrogens is 1. The number of nitrogens with zero attached hydrogens (tertiary/aromatic N) is 4. The maximum Gasteiger partial charge on any atom is 0.233 e. The number of halogens is 1. The summed E-state index contributed by atoms with van der Waals surface area (Å²) < 4.78 is 16.1. The van der Waals surface area contributed by atoms with Crippen molar-refractivity contribution in [1.29, 1.82) is 0 Å². The van der Waals surface area contributed by atoms with Crippen LogP contribution in [0.25, 0.3) is 11.1 Å². The third kappa shape index (κ3) is 4.49. The first-order valence-electron chi connectivity index (χ1n) is 9.43. The topological polar surface area (TPSA) is 119 Å². The Kier molecular flexibility index (Phi) is 6.22. The van der Waals surface area contributed by atoms with Crippen molar-refractivity contribution in [1.82, 2.24) is 25.1 Å². The fourth-order valence-corrected chi connectivity index (χ4v) is 3.26. The summed E-state index contributed by atoms with van der Waals surface area (Å²) in [5, 5.41) is 13.9. The highest BCUT2D eigenvalue weighted by atomic mass is 35.5. The molecular weight excluding hydrogens is 434 g/mol. The summed E-state index contributed by atoms with van der Waals surface area (Å²) in [7, 11) is 4.65. The highest BCUT2D eigenvalue weighted by Crippen LogP contribution is 2.40. The zero-order valence-corrected chi connectivity index (χ0v) is 18.3. The van der Waals surface area contributed by atoms with Gasteiger partial charge in [0.2, 0.25) is 17.6 Å². The van der Waals surface area contributed by atoms with Crippen LogP contribution in [0.15, 0.2) is 48.9 Å². The van der Waals surface area contributed by atoms with Crippen molar-refractivity contribution in [2.24, 2.45) is 0 Å². The number of nitrogens with one attached hydrogen (secondary N) is 3. The molecule has 0 radical (unpaired) electrons. The fourth-order valence-electron chi connectivity index (χ4n) is 3.07. The molecule has 2 aromatic heterocycles. The van der Waals surface area contributed by atoms with Crippen LogP contribution in [0, 0.1) is 0 Å². The lowest BCUT2D eigenvalue weighted by atomic mass is 10.1. The predicted octanol–water partition coefficient (Wildman–Crippen LogP) is 4.43. The smallest absolute Gasteiger partial charge is 0.233 e. The van der Waals surface area contributed by atoms with E-state index in [1.54, 1.807) is 39.7 Å². The number of rotatable bonds is 8. The molecule has 3 N–H and O–H groups in total. The van der Waals surface area contributed by atoms with Crippen LogP contribution in [0.1, 0.15) is 0 Å². The van der Waals surface area contributed by atoms with Crippen molar-refractivity contribution in [3.8, 4) is 28.4 Å². The van der Waals surface area contributed by atoms with E-state index in [0.717, 1.165) is 11.1 Å². The fraction of sp³-hybridized carbons (Fsp3) is 0.143. The van der Waals surface area contributed by atoms with Crippen molar-refractivity contribution in [2.45, 2.75) is 0 Å². The van der Waals surface area contributed by atoms with Crippen molar-refractivity contribution in [3.05, 3.63) is 53.9 Å². The van der Waals surface area contributed by atoms with Crippen LogP contribution >= 0.6 is 11.6 Å². The van der Waals surface area contributed by atoms with Gasteiger partial charge in [-0.25, -0.2) is 9.97 Å². The van der Waals surface area contributed by atoms with Gasteiger partial charge in [-0.3, -0.25) is 5.10 Å². The Morgan fingerprint density at radius 3 is 2.28 bits per heavy atom. The van der Waals surface area contributed by atoms with Gasteiger partial charge in [0, 0.05) is 28.4 Å². The summed E-state index contributed by atoms with van der Waals surface area (Å²) in [4.78, 5) is 12.8. The molecule has 0 amide bonds. The molecule has 32 heavy (non-hydrogen) atoms. The van der Waals surface area contributed by atoms with Gasteiger partial charge in [-0.15, -0.1) is 0 Å². The summed E-state index contributed by atoms with van der Waals surface area (Å²) in [6, 6.07) is 11.0. The molecule has 0 aliphatic carbocycles. The minimum atomic E-state index is 0.320. The summed E-state index contributed by atoms with van der Waals surface area (Å²) in [5.41, 5.74) is 2.38. The Labute approximate surface area is 188 Å². The number of benzene rings is 2. The lowest BCUT2D eigenvalue weighted by Gasteiger charge is -2.14. The lowest BCUT2D eigenvalue weighted by molar-refractivity contribution is 0.324. The maximum absolute atomic E-state index is 6.12. The highest BCUT2D eigenvalue weighted by molar-refractivity contribution is 6.30. The Morgan fingerprint density at radius 1 is 0.906 bits per heavy atom. The van der Waals surface area contributed by atoms with Gasteiger partial charge in [0.15, 0.2) is 11.5 Å². The molecule has 164 valence electrons. The number of hydrogen-bond acceptors (Lipinski definition) is 9. The summed E-state index contributed by atoms with van der Waals surface area (Å²) >= 11 is 6.12. The standard InChI is InChI=1S/C21H20ClN7O3/c1-30-16-8-14(9-17(31-2)18(16)32-3)26-20-23-11-24-21(28-20)27-19-15(10-25-29-19)12-5-4-6-13(22)7-12/h4-11H,1-3H3,(H3,23,24,25,26,27,28,29). The number of anilines is 4. The van der Waals surface area contributed by atoms with Crippen molar-refractivity contribution in [2.75, 3.05) is 32.0 Å². The molecule has 0 saturated heterocycles. The monoisotopic (exact) mass is 453 g/mol. The molecular formula is C21H20ClN7O3. The van der Waals surface area contributed by atoms with Gasteiger partial charge in [-0.1, -0.05) is 23.7 Å². The summed E-state index contributed by atoms with van der Waals surface area (Å²) in [5.74, 6) is 2.77. The van der Waals surface area contributed by atoms with E-state index in [0.29, 0.717) is 45.7 Å². The van der Waals surface area contributed by atoms with E-state index in [4.69, 9.17) is 25.8 Å². The first kappa shape index (κ1) is 21.2. The first-order chi connectivity index (χ1) is 15.6. The predicted molar refractivity (Wildman–Crippen MR) is 122 cm³/mol. The van der Waals surface area contributed by atoms with E-state index in [2.05, 4.69) is 35.8 Å². The van der Waals surface area contributed by atoms with Crippen LogP contribution in [0.4, 0.5) is 23.4 Å². The number of aromatic amines is 1. The van der Waals surface area contributed by atoms with Crippen LogP contribution in [0.3, 0.4) is 0 Å². The molecule has 2 aromatic carbocycles. The Hall–Kier alpha value is -4.05. The van der Waals surface area contributed by atoms with E-state index in [1.807, 2.05) is 24.3 Å². The molecule has 0 aliphatic rings. The molecule has 11 heteroatoms. The van der Waals surface area contributed by atoms with Gasteiger partial charge < -0.3 is 24.8 Å². The molecule has 0 atom stereocenters. The number of methoxy groups -OCH3 is 3. The number of aromatic nitrogens is 5. The van der Waals surface area contributed by atoms with E-state index >= 15 is 0 Å². The second-order valence-corrected chi connectivity index (χ2v) is 6.90. The van der Waals surface area contributed by atoms with Gasteiger partial charge >= 0.3 is 0 Å². The molecule has 0 spiro atoms. The van der Waals surface area contributed by atoms with Gasteiger partial charge in [-0.2, -0.15) is 10.1 Å². The van der Waals surface area contributed by atoms with Gasteiger partial charge in [0.1, 0.15) is 12.1 Å².